The van der Waals surface area contributed by atoms with Crippen LogP contribution in [-0.4, -0.2) is 41.7 Å². The van der Waals surface area contributed by atoms with Gasteiger partial charge in [-0.25, -0.2) is 9.50 Å². The van der Waals surface area contributed by atoms with Gasteiger partial charge >= 0.3 is 0 Å². The fraction of sp³-hybridized carbons (Fsp3) is 0.571. The molecule has 0 aliphatic heterocycles. The van der Waals surface area contributed by atoms with Crippen molar-refractivity contribution in [1.29, 1.82) is 0 Å². The van der Waals surface area contributed by atoms with Crippen molar-refractivity contribution in [2.75, 3.05) is 0 Å². The van der Waals surface area contributed by atoms with Crippen LogP contribution in [0.1, 0.15) is 50.7 Å². The molecule has 114 valence electrons. The summed E-state index contributed by atoms with van der Waals surface area (Å²) in [6.07, 6.45) is 3.52. The molecule has 1 amide bonds. The average Bonchev–Trinajstić information content (AvgIpc) is 2.83. The number of hydrogen-bond acceptors (Lipinski definition) is 5. The van der Waals surface area contributed by atoms with Crippen molar-refractivity contribution in [3.8, 4) is 0 Å². The van der Waals surface area contributed by atoms with Gasteiger partial charge in [-0.15, -0.1) is 0 Å². The summed E-state index contributed by atoms with van der Waals surface area (Å²) in [5, 5.41) is 17.1. The second-order valence-corrected chi connectivity index (χ2v) is 6.08. The molecule has 21 heavy (non-hydrogen) atoms. The maximum atomic E-state index is 12.5. The van der Waals surface area contributed by atoms with Gasteiger partial charge in [-0.05, 0) is 34.1 Å². The number of nitrogens with one attached hydrogen (secondary N) is 1. The largest absolute Gasteiger partial charge is 0.388 e. The first-order valence-electron chi connectivity index (χ1n) is 6.90. The quantitative estimate of drug-likeness (QED) is 0.875. The zero-order chi connectivity index (χ0) is 15.8. The molecule has 0 saturated heterocycles. The molecule has 0 saturated carbocycles. The van der Waals surface area contributed by atoms with Gasteiger partial charge in [-0.1, -0.05) is 6.92 Å². The summed E-state index contributed by atoms with van der Waals surface area (Å²) >= 11 is 0. The summed E-state index contributed by atoms with van der Waals surface area (Å²) in [5.41, 5.74) is -0.666. The lowest BCUT2D eigenvalue weighted by atomic mass is 9.85. The minimum absolute atomic E-state index is 0.288. The molecule has 2 aromatic rings. The van der Waals surface area contributed by atoms with Crippen molar-refractivity contribution in [2.45, 2.75) is 52.2 Å². The lowest BCUT2D eigenvalue weighted by Gasteiger charge is -2.38. The third kappa shape index (κ3) is 2.73. The molecule has 0 fully saturated rings. The first-order valence-corrected chi connectivity index (χ1v) is 6.90. The number of carbonyl (C=O) groups excluding carboxylic acids is 1. The van der Waals surface area contributed by atoms with E-state index in [0.717, 1.165) is 5.69 Å². The predicted octanol–water partition coefficient (Wildman–Crippen LogP) is 0.966. The normalized spacial score (nSPS) is 12.7. The lowest BCUT2D eigenvalue weighted by Crippen LogP contribution is -2.57. The van der Waals surface area contributed by atoms with Crippen LogP contribution in [0.4, 0.5) is 0 Å². The van der Waals surface area contributed by atoms with Gasteiger partial charge in [-0.2, -0.15) is 10.1 Å². The van der Waals surface area contributed by atoms with Gasteiger partial charge in [0.2, 0.25) is 0 Å². The molecule has 2 heterocycles. The van der Waals surface area contributed by atoms with Gasteiger partial charge in [0.15, 0.2) is 0 Å². The van der Waals surface area contributed by atoms with Crippen LogP contribution in [0, 0.1) is 0 Å². The van der Waals surface area contributed by atoms with Crippen LogP contribution in [-0.2, 0) is 6.42 Å². The standard InChI is InChI=1S/C14H21N5O2/c1-6-10-9(7-15-12-16-8-17-19(10)12)11(20)18-13(2,3)14(4,5)21/h7-8,21H,6H2,1-5H3,(H,18,20). The predicted molar refractivity (Wildman–Crippen MR) is 78.0 cm³/mol. The topological polar surface area (TPSA) is 92.4 Å². The number of aliphatic hydroxyl groups is 1. The van der Waals surface area contributed by atoms with Crippen LogP contribution >= 0.6 is 0 Å². The van der Waals surface area contributed by atoms with E-state index in [9.17, 15) is 9.90 Å². The van der Waals surface area contributed by atoms with Crippen molar-refractivity contribution >= 4 is 11.7 Å². The molecule has 0 spiro atoms. The number of aromatic nitrogens is 4. The Morgan fingerprint density at radius 2 is 2.00 bits per heavy atom. The zero-order valence-corrected chi connectivity index (χ0v) is 13.0. The summed E-state index contributed by atoms with van der Waals surface area (Å²) in [6, 6.07) is 0. The Labute approximate surface area is 123 Å². The molecule has 0 atom stereocenters. The molecule has 0 aromatic carbocycles. The molecule has 7 nitrogen and oxygen atoms in total. The molecule has 0 unspecified atom stereocenters. The Morgan fingerprint density at radius 3 is 2.57 bits per heavy atom. The van der Waals surface area contributed by atoms with Gasteiger partial charge in [-0.3, -0.25) is 4.79 Å². The van der Waals surface area contributed by atoms with Gasteiger partial charge in [0, 0.05) is 6.20 Å². The first kappa shape index (κ1) is 15.4. The molecule has 0 radical (unpaired) electrons. The van der Waals surface area contributed by atoms with Gasteiger partial charge in [0.05, 0.1) is 22.4 Å². The Balaban J connectivity index is 2.40. The Hall–Kier alpha value is -2.02. The summed E-state index contributed by atoms with van der Waals surface area (Å²) in [7, 11) is 0. The van der Waals surface area contributed by atoms with Crippen molar-refractivity contribution < 1.29 is 9.90 Å². The van der Waals surface area contributed by atoms with E-state index in [2.05, 4.69) is 20.4 Å². The molecule has 0 bridgehead atoms. The molecule has 0 aliphatic carbocycles. The van der Waals surface area contributed by atoms with E-state index in [1.165, 1.54) is 12.5 Å². The van der Waals surface area contributed by atoms with E-state index in [1.807, 2.05) is 6.92 Å². The summed E-state index contributed by atoms with van der Waals surface area (Å²) in [5.74, 6) is 0.175. The number of hydrogen-bond donors (Lipinski definition) is 2. The fourth-order valence-corrected chi connectivity index (χ4v) is 1.86. The summed E-state index contributed by atoms with van der Waals surface area (Å²) in [6.45, 7) is 8.81. The van der Waals surface area contributed by atoms with E-state index < -0.39 is 11.1 Å². The van der Waals surface area contributed by atoms with E-state index in [-0.39, 0.29) is 5.91 Å². The molecular weight excluding hydrogens is 270 g/mol. The molecule has 2 rings (SSSR count). The maximum absolute atomic E-state index is 12.5. The average molecular weight is 291 g/mol. The van der Waals surface area contributed by atoms with Crippen LogP contribution in [0.15, 0.2) is 12.5 Å². The van der Waals surface area contributed by atoms with Crippen LogP contribution < -0.4 is 5.32 Å². The van der Waals surface area contributed by atoms with Crippen molar-refractivity contribution in [2.24, 2.45) is 0 Å². The van der Waals surface area contributed by atoms with Crippen LogP contribution in [0.5, 0.6) is 0 Å². The first-order chi connectivity index (χ1) is 9.67. The van der Waals surface area contributed by atoms with Crippen molar-refractivity contribution in [1.82, 2.24) is 24.9 Å². The molecule has 2 aromatic heterocycles. The monoisotopic (exact) mass is 291 g/mol. The van der Waals surface area contributed by atoms with Gasteiger partial charge in [0.1, 0.15) is 6.33 Å². The smallest absolute Gasteiger partial charge is 0.255 e. The van der Waals surface area contributed by atoms with E-state index >= 15 is 0 Å². The number of nitrogens with zero attached hydrogens (tertiary/aromatic N) is 4. The van der Waals surface area contributed by atoms with Gasteiger partial charge < -0.3 is 10.4 Å². The van der Waals surface area contributed by atoms with Crippen LogP contribution in [0.2, 0.25) is 0 Å². The third-order valence-corrected chi connectivity index (χ3v) is 3.94. The number of carbonyl (C=O) groups is 1. The maximum Gasteiger partial charge on any atom is 0.255 e. The van der Waals surface area contributed by atoms with Crippen LogP contribution in [0.25, 0.3) is 5.78 Å². The Bertz CT molecular complexity index is 670. The number of fused-ring (bicyclic) bond motifs is 1. The molecule has 2 N–H and O–H groups in total. The van der Waals surface area contributed by atoms with Crippen LogP contribution in [0.3, 0.4) is 0 Å². The number of aryl methyl sites for hydroxylation is 1. The molecular formula is C14H21N5O2. The second kappa shape index (κ2) is 5.07. The highest BCUT2D eigenvalue weighted by Gasteiger charge is 2.37. The SMILES string of the molecule is CCc1c(C(=O)NC(C)(C)C(C)(C)O)cnc2ncnn12. The van der Waals surface area contributed by atoms with E-state index in [1.54, 1.807) is 32.2 Å². The van der Waals surface area contributed by atoms with E-state index in [0.29, 0.717) is 17.8 Å². The highest BCUT2D eigenvalue weighted by Crippen LogP contribution is 2.21. The molecule has 7 heteroatoms. The van der Waals surface area contributed by atoms with E-state index in [4.69, 9.17) is 0 Å². The number of rotatable bonds is 4. The number of amides is 1. The lowest BCUT2D eigenvalue weighted by molar-refractivity contribution is -0.00296. The minimum Gasteiger partial charge on any atom is -0.388 e. The highest BCUT2D eigenvalue weighted by molar-refractivity contribution is 5.95. The second-order valence-electron chi connectivity index (χ2n) is 6.08. The fourth-order valence-electron chi connectivity index (χ4n) is 1.86. The van der Waals surface area contributed by atoms with Crippen molar-refractivity contribution in [3.63, 3.8) is 0 Å². The highest BCUT2D eigenvalue weighted by atomic mass is 16.3. The third-order valence-electron chi connectivity index (χ3n) is 3.94. The summed E-state index contributed by atoms with van der Waals surface area (Å²) < 4.78 is 1.56. The summed E-state index contributed by atoms with van der Waals surface area (Å²) in [4.78, 5) is 20.7. The van der Waals surface area contributed by atoms with Crippen molar-refractivity contribution in [3.05, 3.63) is 23.8 Å². The van der Waals surface area contributed by atoms with Gasteiger partial charge in [0.25, 0.3) is 11.7 Å². The Morgan fingerprint density at radius 1 is 1.33 bits per heavy atom. The molecule has 0 aliphatic rings. The Kier molecular flexibility index (Phi) is 3.71. The minimum atomic E-state index is -1.06. The zero-order valence-electron chi connectivity index (χ0n) is 13.0.